The molecule has 2 aromatic rings. The number of rotatable bonds is 6. The second-order valence-electron chi connectivity index (χ2n) is 9.49. The highest BCUT2D eigenvalue weighted by Crippen LogP contribution is 2.51. The van der Waals surface area contributed by atoms with Gasteiger partial charge >= 0.3 is 12.2 Å². The van der Waals surface area contributed by atoms with Crippen molar-refractivity contribution >= 4 is 6.03 Å². The number of carbonyl (C=O) groups excluding carboxylic acids is 1. The normalized spacial score (nSPS) is 24.3. The molecule has 0 aromatic heterocycles. The van der Waals surface area contributed by atoms with Gasteiger partial charge in [0.15, 0.2) is 0 Å². The van der Waals surface area contributed by atoms with Crippen molar-refractivity contribution in [2.75, 3.05) is 33.7 Å². The van der Waals surface area contributed by atoms with Gasteiger partial charge in [-0.1, -0.05) is 36.4 Å². The lowest BCUT2D eigenvalue weighted by molar-refractivity contribution is -0.138. The summed E-state index contributed by atoms with van der Waals surface area (Å²) in [6, 6.07) is 13.9. The predicted molar refractivity (Wildman–Crippen MR) is 125 cm³/mol. The van der Waals surface area contributed by atoms with Gasteiger partial charge in [0.05, 0.1) is 17.8 Å². The van der Waals surface area contributed by atoms with Gasteiger partial charge in [-0.15, -0.1) is 0 Å². The summed E-state index contributed by atoms with van der Waals surface area (Å²) in [5.74, 6) is 0.266. The van der Waals surface area contributed by atoms with Crippen LogP contribution in [0.4, 0.5) is 18.0 Å². The van der Waals surface area contributed by atoms with Gasteiger partial charge in [0.1, 0.15) is 0 Å². The molecule has 34 heavy (non-hydrogen) atoms. The number of ether oxygens (including phenoxy) is 1. The molecular weight excluding hydrogens is 443 g/mol. The van der Waals surface area contributed by atoms with Crippen molar-refractivity contribution in [2.45, 2.75) is 43.6 Å². The van der Waals surface area contributed by atoms with E-state index in [0.717, 1.165) is 24.9 Å². The van der Waals surface area contributed by atoms with Crippen LogP contribution in [-0.2, 0) is 17.3 Å². The molecule has 1 aliphatic heterocycles. The van der Waals surface area contributed by atoms with E-state index in [4.69, 9.17) is 4.74 Å². The van der Waals surface area contributed by atoms with Gasteiger partial charge < -0.3 is 20.3 Å². The van der Waals surface area contributed by atoms with Gasteiger partial charge in [-0.05, 0) is 74.0 Å². The fourth-order valence-corrected chi connectivity index (χ4v) is 5.11. The quantitative estimate of drug-likeness (QED) is 0.635. The molecule has 184 valence electrons. The fraction of sp³-hybridized carbons (Fsp3) is 0.500. The van der Waals surface area contributed by atoms with Crippen LogP contribution >= 0.6 is 0 Å². The van der Waals surface area contributed by atoms with Gasteiger partial charge in [0.25, 0.3) is 0 Å². The number of carbonyl (C=O) groups is 1. The van der Waals surface area contributed by atoms with Crippen molar-refractivity contribution in [1.82, 2.24) is 15.5 Å². The van der Waals surface area contributed by atoms with Gasteiger partial charge in [-0.3, -0.25) is 0 Å². The summed E-state index contributed by atoms with van der Waals surface area (Å²) in [6.07, 6.45) is -2.82. The first-order valence-corrected chi connectivity index (χ1v) is 11.8. The molecule has 4 rings (SSSR count). The van der Waals surface area contributed by atoms with Crippen LogP contribution in [0.5, 0.6) is 0 Å². The Morgan fingerprint density at radius 1 is 1.09 bits per heavy atom. The Kier molecular flexibility index (Phi) is 7.48. The Labute approximate surface area is 198 Å². The molecule has 2 aliphatic rings. The summed E-state index contributed by atoms with van der Waals surface area (Å²) >= 11 is 0. The Hall–Kier alpha value is -2.58. The number of halogens is 3. The summed E-state index contributed by atoms with van der Waals surface area (Å²) in [5.41, 5.74) is 2.07. The van der Waals surface area contributed by atoms with Gasteiger partial charge in [-0.25, -0.2) is 4.79 Å². The molecule has 0 spiro atoms. The van der Waals surface area contributed by atoms with Crippen LogP contribution in [0, 0.1) is 5.92 Å². The highest BCUT2D eigenvalue weighted by molar-refractivity contribution is 5.73. The summed E-state index contributed by atoms with van der Waals surface area (Å²) in [4.78, 5) is 14.1. The van der Waals surface area contributed by atoms with Crippen molar-refractivity contribution in [1.29, 1.82) is 0 Å². The minimum Gasteiger partial charge on any atom is -0.368 e. The standard InChI is InChI=1S/C26H32F3N3O2/c1-32(2)13-12-30-25(33)31-16-20-10-11-21-22(17-6-4-3-5-7-17)14-18-8-9-19(26(27,28)29)15-23(18)24(21)34-20/h3-9,15,20-22,24H,10-14,16H2,1-2H3,(H2,30,31,33)/t20-,21+,22+,24+/m1/s1. The number of fused-ring (bicyclic) bond motifs is 3. The Bertz CT molecular complexity index is 981. The molecule has 8 heteroatoms. The van der Waals surface area contributed by atoms with Crippen LogP contribution in [0.3, 0.4) is 0 Å². The van der Waals surface area contributed by atoms with E-state index in [1.165, 1.54) is 17.7 Å². The van der Waals surface area contributed by atoms with E-state index < -0.39 is 17.8 Å². The molecule has 0 radical (unpaired) electrons. The fourth-order valence-electron chi connectivity index (χ4n) is 5.11. The van der Waals surface area contributed by atoms with Gasteiger partial charge in [0, 0.05) is 19.6 Å². The van der Waals surface area contributed by atoms with E-state index in [9.17, 15) is 18.0 Å². The van der Waals surface area contributed by atoms with E-state index in [1.54, 1.807) is 6.07 Å². The van der Waals surface area contributed by atoms with Crippen molar-refractivity contribution in [3.63, 3.8) is 0 Å². The lowest BCUT2D eigenvalue weighted by atomic mass is 9.68. The van der Waals surface area contributed by atoms with Crippen LogP contribution in [0.25, 0.3) is 0 Å². The number of hydrogen-bond acceptors (Lipinski definition) is 3. The Morgan fingerprint density at radius 2 is 1.85 bits per heavy atom. The SMILES string of the molecule is CN(C)CCNC(=O)NC[C@H]1CC[C@@H]2[C@H](O1)c1cc(C(F)(F)F)ccc1C[C@H]2c1ccccc1. The summed E-state index contributed by atoms with van der Waals surface area (Å²) in [5, 5.41) is 5.66. The smallest absolute Gasteiger partial charge is 0.368 e. The molecular formula is C26H32F3N3O2. The molecule has 1 saturated heterocycles. The Balaban J connectivity index is 1.52. The number of amides is 2. The first-order valence-electron chi connectivity index (χ1n) is 11.8. The first-order chi connectivity index (χ1) is 16.2. The summed E-state index contributed by atoms with van der Waals surface area (Å²) < 4.78 is 46.8. The molecule has 1 heterocycles. The molecule has 0 saturated carbocycles. The predicted octanol–water partition coefficient (Wildman–Crippen LogP) is 4.74. The van der Waals surface area contributed by atoms with Crippen LogP contribution in [-0.4, -0.2) is 50.8 Å². The van der Waals surface area contributed by atoms with E-state index in [2.05, 4.69) is 22.8 Å². The third kappa shape index (κ3) is 5.73. The molecule has 4 atom stereocenters. The van der Waals surface area contributed by atoms with Crippen molar-refractivity contribution in [2.24, 2.45) is 5.92 Å². The number of urea groups is 1. The molecule has 2 aromatic carbocycles. The van der Waals surface area contributed by atoms with E-state index in [1.807, 2.05) is 37.2 Å². The molecule has 2 amide bonds. The maximum absolute atomic E-state index is 13.5. The second-order valence-corrected chi connectivity index (χ2v) is 9.49. The number of benzene rings is 2. The van der Waals surface area contributed by atoms with Crippen LogP contribution in [0.1, 0.15) is 47.1 Å². The van der Waals surface area contributed by atoms with E-state index in [0.29, 0.717) is 25.1 Å². The van der Waals surface area contributed by atoms with Crippen LogP contribution in [0.2, 0.25) is 0 Å². The van der Waals surface area contributed by atoms with Crippen molar-refractivity contribution in [3.05, 3.63) is 70.8 Å². The van der Waals surface area contributed by atoms with E-state index >= 15 is 0 Å². The highest BCUT2D eigenvalue weighted by atomic mass is 19.4. The third-order valence-corrected chi connectivity index (χ3v) is 6.85. The molecule has 2 N–H and O–H groups in total. The molecule has 5 nitrogen and oxygen atoms in total. The topological polar surface area (TPSA) is 53.6 Å². The van der Waals surface area contributed by atoms with Crippen LogP contribution in [0.15, 0.2) is 48.5 Å². The second kappa shape index (κ2) is 10.4. The van der Waals surface area contributed by atoms with Gasteiger partial charge in [0.2, 0.25) is 0 Å². The minimum atomic E-state index is -4.40. The number of hydrogen-bond donors (Lipinski definition) is 2. The van der Waals surface area contributed by atoms with Crippen LogP contribution < -0.4 is 10.6 Å². The first kappa shape index (κ1) is 24.5. The number of nitrogens with one attached hydrogen (secondary N) is 2. The zero-order valence-corrected chi connectivity index (χ0v) is 19.6. The van der Waals surface area contributed by atoms with Crippen molar-refractivity contribution in [3.8, 4) is 0 Å². The number of likely N-dealkylation sites (N-methyl/N-ethyl adjacent to an activating group) is 1. The largest absolute Gasteiger partial charge is 0.416 e. The monoisotopic (exact) mass is 475 g/mol. The minimum absolute atomic E-state index is 0.0866. The maximum atomic E-state index is 13.5. The van der Waals surface area contributed by atoms with Gasteiger partial charge in [-0.2, -0.15) is 13.2 Å². The molecule has 0 bridgehead atoms. The average Bonchev–Trinajstić information content (AvgIpc) is 2.81. The third-order valence-electron chi connectivity index (χ3n) is 6.85. The molecule has 1 aliphatic carbocycles. The summed E-state index contributed by atoms with van der Waals surface area (Å²) in [7, 11) is 3.86. The number of nitrogens with zero attached hydrogens (tertiary/aromatic N) is 1. The summed E-state index contributed by atoms with van der Waals surface area (Å²) in [6.45, 7) is 1.58. The van der Waals surface area contributed by atoms with E-state index in [-0.39, 0.29) is 24.0 Å². The lowest BCUT2D eigenvalue weighted by Gasteiger charge is -2.45. The zero-order chi connectivity index (χ0) is 24.3. The maximum Gasteiger partial charge on any atom is 0.416 e. The highest BCUT2D eigenvalue weighted by Gasteiger charge is 2.43. The van der Waals surface area contributed by atoms with Crippen molar-refractivity contribution < 1.29 is 22.7 Å². The Morgan fingerprint density at radius 3 is 2.56 bits per heavy atom. The number of alkyl halides is 3. The lowest BCUT2D eigenvalue weighted by Crippen LogP contribution is -2.45. The zero-order valence-electron chi connectivity index (χ0n) is 19.6. The molecule has 0 unspecified atom stereocenters. The average molecular weight is 476 g/mol. The molecule has 1 fully saturated rings.